The number of nitrogens with zero attached hydrogens (tertiary/aromatic N) is 1. The molecule has 28 heavy (non-hydrogen) atoms. The van der Waals surface area contributed by atoms with Crippen LogP contribution in [0.15, 0.2) is 50.7 Å². The highest BCUT2D eigenvalue weighted by Crippen LogP contribution is 2.32. The highest BCUT2D eigenvalue weighted by molar-refractivity contribution is 6.08. The van der Waals surface area contributed by atoms with E-state index < -0.39 is 5.54 Å². The van der Waals surface area contributed by atoms with E-state index in [0.29, 0.717) is 34.1 Å². The number of aryl methyl sites for hydroxylation is 1. The van der Waals surface area contributed by atoms with Gasteiger partial charge in [0.15, 0.2) is 0 Å². The average Bonchev–Trinajstić information content (AvgIpc) is 3.27. The van der Waals surface area contributed by atoms with Gasteiger partial charge in [-0.1, -0.05) is 0 Å². The molecule has 0 unspecified atom stereocenters. The number of aliphatic hydroxyl groups is 2. The first kappa shape index (κ1) is 18.3. The van der Waals surface area contributed by atoms with Crippen molar-refractivity contribution in [1.82, 2.24) is 4.98 Å². The fourth-order valence-electron chi connectivity index (χ4n) is 3.11. The van der Waals surface area contributed by atoms with Gasteiger partial charge in [-0.15, -0.1) is 0 Å². The molecule has 3 heterocycles. The second-order valence-corrected chi connectivity index (χ2v) is 6.75. The molecule has 8 nitrogen and oxygen atoms in total. The zero-order valence-corrected chi connectivity index (χ0v) is 15.3. The van der Waals surface area contributed by atoms with Crippen LogP contribution in [0.25, 0.3) is 11.0 Å². The SMILES string of the molecule is Cc1oc2ccc(OCc3ccc[nH]c3=O)cc2c1C1=NC(CO)(CO)CO1. The van der Waals surface area contributed by atoms with Gasteiger partial charge in [-0.2, -0.15) is 0 Å². The van der Waals surface area contributed by atoms with E-state index in [0.717, 1.165) is 5.39 Å². The standard InChI is InChI=1S/C20H20N2O6/c1-12-17(19-22-20(9-23,10-24)11-27-19)15-7-14(4-5-16(15)28-12)26-8-13-3-2-6-21-18(13)25/h2-7,23-24H,8-11H2,1H3,(H,21,25). The number of pyridine rings is 1. The van der Waals surface area contributed by atoms with E-state index in [9.17, 15) is 15.0 Å². The molecule has 1 aromatic carbocycles. The van der Waals surface area contributed by atoms with E-state index in [4.69, 9.17) is 13.9 Å². The van der Waals surface area contributed by atoms with Crippen LogP contribution in [0.5, 0.6) is 5.75 Å². The van der Waals surface area contributed by atoms with Gasteiger partial charge >= 0.3 is 0 Å². The molecular weight excluding hydrogens is 364 g/mol. The third kappa shape index (κ3) is 3.17. The van der Waals surface area contributed by atoms with Crippen LogP contribution in [0, 0.1) is 6.92 Å². The van der Waals surface area contributed by atoms with Crippen LogP contribution in [0.1, 0.15) is 16.9 Å². The number of nitrogens with one attached hydrogen (secondary N) is 1. The van der Waals surface area contributed by atoms with Crippen LogP contribution in [0.4, 0.5) is 0 Å². The van der Waals surface area contributed by atoms with Crippen molar-refractivity contribution >= 4 is 16.9 Å². The third-order valence-electron chi connectivity index (χ3n) is 4.75. The molecular formula is C20H20N2O6. The summed E-state index contributed by atoms with van der Waals surface area (Å²) >= 11 is 0. The maximum atomic E-state index is 11.8. The Bertz CT molecular complexity index is 1090. The fourth-order valence-corrected chi connectivity index (χ4v) is 3.11. The van der Waals surface area contributed by atoms with Crippen LogP contribution in [0.2, 0.25) is 0 Å². The lowest BCUT2D eigenvalue weighted by Gasteiger charge is -2.16. The summed E-state index contributed by atoms with van der Waals surface area (Å²) in [6, 6.07) is 8.77. The zero-order chi connectivity index (χ0) is 19.7. The van der Waals surface area contributed by atoms with Crippen molar-refractivity contribution in [2.45, 2.75) is 19.1 Å². The molecule has 0 saturated carbocycles. The van der Waals surface area contributed by atoms with Crippen molar-refractivity contribution in [2.75, 3.05) is 19.8 Å². The Hall–Kier alpha value is -3.10. The quantitative estimate of drug-likeness (QED) is 0.593. The summed E-state index contributed by atoms with van der Waals surface area (Å²) in [6.45, 7) is 1.38. The third-order valence-corrected chi connectivity index (χ3v) is 4.75. The van der Waals surface area contributed by atoms with E-state index in [2.05, 4.69) is 9.98 Å². The number of hydrogen-bond acceptors (Lipinski definition) is 7. The van der Waals surface area contributed by atoms with E-state index in [1.165, 1.54) is 0 Å². The molecule has 8 heteroatoms. The molecule has 2 aromatic heterocycles. The Morgan fingerprint density at radius 2 is 2.11 bits per heavy atom. The Balaban J connectivity index is 1.67. The molecule has 146 valence electrons. The molecule has 0 saturated heterocycles. The summed E-state index contributed by atoms with van der Waals surface area (Å²) in [7, 11) is 0. The summed E-state index contributed by atoms with van der Waals surface area (Å²) in [4.78, 5) is 18.8. The number of aromatic nitrogens is 1. The molecule has 0 atom stereocenters. The van der Waals surface area contributed by atoms with Gasteiger partial charge in [0, 0.05) is 11.6 Å². The Morgan fingerprint density at radius 1 is 1.29 bits per heavy atom. The number of H-pyrrole nitrogens is 1. The first-order valence-electron chi connectivity index (χ1n) is 8.82. The van der Waals surface area contributed by atoms with Crippen molar-refractivity contribution in [3.63, 3.8) is 0 Å². The van der Waals surface area contributed by atoms with Gasteiger partial charge in [-0.3, -0.25) is 4.79 Å². The monoisotopic (exact) mass is 384 g/mol. The minimum atomic E-state index is -1.05. The zero-order valence-electron chi connectivity index (χ0n) is 15.3. The minimum absolute atomic E-state index is 0.0917. The van der Waals surface area contributed by atoms with E-state index in [-0.39, 0.29) is 32.0 Å². The second kappa shape index (κ2) is 7.14. The van der Waals surface area contributed by atoms with E-state index in [1.807, 2.05) is 0 Å². The molecule has 4 rings (SSSR count). The lowest BCUT2D eigenvalue weighted by Crippen LogP contribution is -2.37. The number of aliphatic hydroxyl groups excluding tert-OH is 2. The van der Waals surface area contributed by atoms with Crippen molar-refractivity contribution < 1.29 is 24.1 Å². The number of fused-ring (bicyclic) bond motifs is 1. The molecule has 0 radical (unpaired) electrons. The average molecular weight is 384 g/mol. The van der Waals surface area contributed by atoms with Gasteiger partial charge in [0.25, 0.3) is 5.56 Å². The molecule has 0 amide bonds. The Morgan fingerprint density at radius 3 is 2.82 bits per heavy atom. The second-order valence-electron chi connectivity index (χ2n) is 6.75. The normalized spacial score (nSPS) is 15.5. The Kier molecular flexibility index (Phi) is 4.66. The van der Waals surface area contributed by atoms with Crippen LogP contribution in [0.3, 0.4) is 0 Å². The Labute approximate surface area is 160 Å². The predicted molar refractivity (Wildman–Crippen MR) is 102 cm³/mol. The summed E-state index contributed by atoms with van der Waals surface area (Å²) in [5.74, 6) is 1.49. The molecule has 1 aliphatic rings. The van der Waals surface area contributed by atoms with Crippen molar-refractivity contribution in [1.29, 1.82) is 0 Å². The number of aromatic amines is 1. The fraction of sp³-hybridized carbons (Fsp3) is 0.300. The lowest BCUT2D eigenvalue weighted by molar-refractivity contribution is 0.0977. The van der Waals surface area contributed by atoms with E-state index >= 15 is 0 Å². The molecule has 1 aliphatic heterocycles. The topological polar surface area (TPSA) is 117 Å². The van der Waals surface area contributed by atoms with Crippen LogP contribution in [-0.2, 0) is 11.3 Å². The maximum absolute atomic E-state index is 11.8. The molecule has 3 N–H and O–H groups in total. The number of hydrogen-bond donors (Lipinski definition) is 3. The number of benzene rings is 1. The van der Waals surface area contributed by atoms with Crippen LogP contribution >= 0.6 is 0 Å². The molecule has 0 bridgehead atoms. The number of aliphatic imine (C=N–C) groups is 1. The first-order valence-corrected chi connectivity index (χ1v) is 8.82. The van der Waals surface area contributed by atoms with Gasteiger partial charge in [-0.25, -0.2) is 4.99 Å². The molecule has 0 fully saturated rings. The van der Waals surface area contributed by atoms with Gasteiger partial charge in [0.05, 0.1) is 24.3 Å². The van der Waals surface area contributed by atoms with E-state index in [1.54, 1.807) is 43.5 Å². The summed E-state index contributed by atoms with van der Waals surface area (Å²) in [6.07, 6.45) is 1.57. The number of furan rings is 1. The minimum Gasteiger partial charge on any atom is -0.489 e. The molecule has 0 aliphatic carbocycles. The van der Waals surface area contributed by atoms with Crippen molar-refractivity contribution in [3.05, 3.63) is 63.8 Å². The lowest BCUT2D eigenvalue weighted by atomic mass is 10.1. The smallest absolute Gasteiger partial charge is 0.254 e. The number of ether oxygens (including phenoxy) is 2. The highest BCUT2D eigenvalue weighted by atomic mass is 16.5. The predicted octanol–water partition coefficient (Wildman–Crippen LogP) is 1.51. The summed E-state index contributed by atoms with van der Waals surface area (Å²) in [5.41, 5.74) is 0.566. The molecule has 0 spiro atoms. The van der Waals surface area contributed by atoms with Gasteiger partial charge < -0.3 is 29.1 Å². The van der Waals surface area contributed by atoms with Crippen LogP contribution < -0.4 is 10.3 Å². The van der Waals surface area contributed by atoms with Gasteiger partial charge in [0.2, 0.25) is 5.90 Å². The summed E-state index contributed by atoms with van der Waals surface area (Å²) < 4.78 is 17.2. The highest BCUT2D eigenvalue weighted by Gasteiger charge is 2.37. The van der Waals surface area contributed by atoms with Crippen molar-refractivity contribution in [2.24, 2.45) is 4.99 Å². The summed E-state index contributed by atoms with van der Waals surface area (Å²) in [5, 5.41) is 19.8. The van der Waals surface area contributed by atoms with Gasteiger partial charge in [-0.05, 0) is 37.3 Å². The number of rotatable bonds is 6. The van der Waals surface area contributed by atoms with Gasteiger partial charge in [0.1, 0.15) is 35.8 Å². The largest absolute Gasteiger partial charge is 0.489 e. The van der Waals surface area contributed by atoms with Crippen molar-refractivity contribution in [3.8, 4) is 5.75 Å². The maximum Gasteiger partial charge on any atom is 0.254 e. The molecule has 3 aromatic rings. The first-order chi connectivity index (χ1) is 13.5. The van der Waals surface area contributed by atoms with Crippen LogP contribution in [-0.4, -0.2) is 46.5 Å².